The van der Waals surface area contributed by atoms with Crippen LogP contribution in [-0.4, -0.2) is 17.4 Å². The number of likely N-dealkylation sites (tertiary alicyclic amines) is 1. The van der Waals surface area contributed by atoms with E-state index in [2.05, 4.69) is 24.3 Å². The molecule has 1 aliphatic carbocycles. The Morgan fingerprint density at radius 3 is 2.94 bits per heavy atom. The van der Waals surface area contributed by atoms with Gasteiger partial charge < -0.3 is 4.90 Å². The Morgan fingerprint density at radius 1 is 1.33 bits per heavy atom. The molecule has 0 spiro atoms. The molecule has 1 aromatic rings. The van der Waals surface area contributed by atoms with Gasteiger partial charge in [0.25, 0.3) is 0 Å². The first-order chi connectivity index (χ1) is 8.79. The number of hydrogen-bond acceptors (Lipinski definition) is 2. The lowest BCUT2D eigenvalue weighted by Gasteiger charge is -2.33. The quantitative estimate of drug-likeness (QED) is 0.756. The van der Waals surface area contributed by atoms with Crippen LogP contribution in [0.2, 0.25) is 0 Å². The van der Waals surface area contributed by atoms with Crippen LogP contribution in [0.25, 0.3) is 0 Å². The van der Waals surface area contributed by atoms with E-state index >= 15 is 0 Å². The van der Waals surface area contributed by atoms with Crippen LogP contribution < -0.4 is 0 Å². The van der Waals surface area contributed by atoms with Gasteiger partial charge in [-0.2, -0.15) is 5.26 Å². The van der Waals surface area contributed by atoms with Gasteiger partial charge in [0.05, 0.1) is 18.0 Å². The molecule has 92 valence electrons. The van der Waals surface area contributed by atoms with Crippen molar-refractivity contribution in [3.8, 4) is 6.07 Å². The molecular formula is C15H16N2O. The fourth-order valence-electron chi connectivity index (χ4n) is 3.17. The Labute approximate surface area is 107 Å². The molecular weight excluding hydrogens is 224 g/mol. The summed E-state index contributed by atoms with van der Waals surface area (Å²) < 4.78 is 0. The Kier molecular flexibility index (Phi) is 2.79. The molecule has 3 rings (SSSR count). The summed E-state index contributed by atoms with van der Waals surface area (Å²) in [5.41, 5.74) is 2.65. The molecule has 0 saturated carbocycles. The smallest absolute Gasteiger partial charge is 0.224 e. The topological polar surface area (TPSA) is 44.1 Å². The summed E-state index contributed by atoms with van der Waals surface area (Å²) in [6.45, 7) is 0.605. The molecule has 0 aromatic heterocycles. The van der Waals surface area contributed by atoms with Crippen molar-refractivity contribution in [2.24, 2.45) is 5.92 Å². The fourth-order valence-corrected chi connectivity index (χ4v) is 3.17. The van der Waals surface area contributed by atoms with Crippen molar-refractivity contribution in [1.29, 1.82) is 5.26 Å². The number of nitrogens with zero attached hydrogens (tertiary/aromatic N) is 2. The van der Waals surface area contributed by atoms with Crippen LogP contribution >= 0.6 is 0 Å². The molecule has 1 amide bonds. The van der Waals surface area contributed by atoms with Gasteiger partial charge in [-0.3, -0.25) is 4.79 Å². The van der Waals surface area contributed by atoms with E-state index in [1.165, 1.54) is 11.1 Å². The zero-order valence-electron chi connectivity index (χ0n) is 10.3. The van der Waals surface area contributed by atoms with Gasteiger partial charge in [-0.25, -0.2) is 0 Å². The molecule has 0 radical (unpaired) electrons. The van der Waals surface area contributed by atoms with Crippen molar-refractivity contribution < 1.29 is 4.79 Å². The van der Waals surface area contributed by atoms with Gasteiger partial charge in [0, 0.05) is 13.0 Å². The summed E-state index contributed by atoms with van der Waals surface area (Å²) in [6, 6.07) is 10.8. The molecule has 2 unspecified atom stereocenters. The maximum Gasteiger partial charge on any atom is 0.224 e. The van der Waals surface area contributed by atoms with E-state index in [-0.39, 0.29) is 17.9 Å². The molecule has 2 aliphatic rings. The molecule has 1 heterocycles. The standard InChI is InChI=1S/C15H16N2O/c16-9-11-8-15(18)17(10-11)14-7-3-5-12-4-1-2-6-13(12)14/h1-2,4,6,11,14H,3,5,7-8,10H2. The first-order valence-corrected chi connectivity index (χ1v) is 6.56. The fraction of sp³-hybridized carbons (Fsp3) is 0.467. The van der Waals surface area contributed by atoms with Crippen molar-refractivity contribution in [3.63, 3.8) is 0 Å². The minimum Gasteiger partial charge on any atom is -0.334 e. The van der Waals surface area contributed by atoms with E-state index < -0.39 is 0 Å². The van der Waals surface area contributed by atoms with Gasteiger partial charge in [-0.1, -0.05) is 24.3 Å². The first-order valence-electron chi connectivity index (χ1n) is 6.56. The average molecular weight is 240 g/mol. The van der Waals surface area contributed by atoms with Crippen molar-refractivity contribution >= 4 is 5.91 Å². The highest BCUT2D eigenvalue weighted by Gasteiger charge is 2.36. The summed E-state index contributed by atoms with van der Waals surface area (Å²) in [5.74, 6) is 0.0230. The van der Waals surface area contributed by atoms with E-state index in [0.29, 0.717) is 13.0 Å². The predicted molar refractivity (Wildman–Crippen MR) is 67.6 cm³/mol. The van der Waals surface area contributed by atoms with Crippen molar-refractivity contribution in [2.75, 3.05) is 6.54 Å². The van der Waals surface area contributed by atoms with Crippen LogP contribution in [0.1, 0.15) is 36.4 Å². The van der Waals surface area contributed by atoms with Gasteiger partial charge >= 0.3 is 0 Å². The number of carbonyl (C=O) groups is 1. The van der Waals surface area contributed by atoms with Gasteiger partial charge in [-0.15, -0.1) is 0 Å². The SMILES string of the molecule is N#CC1CC(=O)N(C2CCCc3ccccc32)C1. The van der Waals surface area contributed by atoms with E-state index in [9.17, 15) is 4.79 Å². The normalized spacial score (nSPS) is 26.8. The summed E-state index contributed by atoms with van der Waals surface area (Å²) in [5, 5.41) is 8.97. The molecule has 18 heavy (non-hydrogen) atoms. The third-order valence-electron chi connectivity index (χ3n) is 4.06. The van der Waals surface area contributed by atoms with Crippen LogP contribution in [0.4, 0.5) is 0 Å². The maximum absolute atomic E-state index is 12.0. The summed E-state index contributed by atoms with van der Waals surface area (Å²) in [7, 11) is 0. The van der Waals surface area contributed by atoms with E-state index in [1.807, 2.05) is 11.0 Å². The third-order valence-corrected chi connectivity index (χ3v) is 4.06. The summed E-state index contributed by atoms with van der Waals surface area (Å²) in [6.07, 6.45) is 3.66. The molecule has 1 fully saturated rings. The van der Waals surface area contributed by atoms with Crippen molar-refractivity contribution in [1.82, 2.24) is 4.90 Å². The maximum atomic E-state index is 12.0. The summed E-state index contributed by atoms with van der Waals surface area (Å²) >= 11 is 0. The second-order valence-electron chi connectivity index (χ2n) is 5.18. The summed E-state index contributed by atoms with van der Waals surface area (Å²) in [4.78, 5) is 13.9. The Balaban J connectivity index is 1.91. The van der Waals surface area contributed by atoms with E-state index in [0.717, 1.165) is 19.3 Å². The number of fused-ring (bicyclic) bond motifs is 1. The highest BCUT2D eigenvalue weighted by atomic mass is 16.2. The number of carbonyl (C=O) groups excluding carboxylic acids is 1. The van der Waals surface area contributed by atoms with Crippen LogP contribution in [0.15, 0.2) is 24.3 Å². The lowest BCUT2D eigenvalue weighted by molar-refractivity contribution is -0.130. The lowest BCUT2D eigenvalue weighted by Crippen LogP contribution is -2.32. The van der Waals surface area contributed by atoms with Crippen LogP contribution in [0, 0.1) is 17.2 Å². The Bertz CT molecular complexity index is 517. The predicted octanol–water partition coefficient (Wildman–Crippen LogP) is 2.44. The van der Waals surface area contributed by atoms with Gasteiger partial charge in [0.15, 0.2) is 0 Å². The van der Waals surface area contributed by atoms with Crippen LogP contribution in [-0.2, 0) is 11.2 Å². The van der Waals surface area contributed by atoms with E-state index in [1.54, 1.807) is 0 Å². The number of nitriles is 1. The van der Waals surface area contributed by atoms with Gasteiger partial charge in [0.2, 0.25) is 5.91 Å². The molecule has 0 N–H and O–H groups in total. The zero-order valence-corrected chi connectivity index (χ0v) is 10.3. The first kappa shape index (κ1) is 11.3. The largest absolute Gasteiger partial charge is 0.334 e. The molecule has 1 aromatic carbocycles. The average Bonchev–Trinajstić information content (AvgIpc) is 2.79. The zero-order chi connectivity index (χ0) is 12.5. The Hall–Kier alpha value is -1.82. The second kappa shape index (κ2) is 4.45. The monoisotopic (exact) mass is 240 g/mol. The van der Waals surface area contributed by atoms with Crippen LogP contribution in [0.3, 0.4) is 0 Å². The van der Waals surface area contributed by atoms with Gasteiger partial charge in [-0.05, 0) is 30.4 Å². The molecule has 3 heteroatoms. The molecule has 3 nitrogen and oxygen atoms in total. The number of rotatable bonds is 1. The highest BCUT2D eigenvalue weighted by molar-refractivity contribution is 5.79. The molecule has 0 bridgehead atoms. The minimum absolute atomic E-state index is 0.119. The van der Waals surface area contributed by atoms with Crippen molar-refractivity contribution in [3.05, 3.63) is 35.4 Å². The van der Waals surface area contributed by atoms with Crippen molar-refractivity contribution in [2.45, 2.75) is 31.7 Å². The lowest BCUT2D eigenvalue weighted by atomic mass is 9.87. The number of aryl methyl sites for hydroxylation is 1. The molecule has 2 atom stereocenters. The van der Waals surface area contributed by atoms with Crippen LogP contribution in [0.5, 0.6) is 0 Å². The van der Waals surface area contributed by atoms with Gasteiger partial charge in [0.1, 0.15) is 0 Å². The molecule has 1 aliphatic heterocycles. The minimum atomic E-state index is -0.119. The number of hydrogen-bond donors (Lipinski definition) is 0. The number of amides is 1. The highest BCUT2D eigenvalue weighted by Crippen LogP contribution is 2.37. The second-order valence-corrected chi connectivity index (χ2v) is 5.18. The van der Waals surface area contributed by atoms with E-state index in [4.69, 9.17) is 5.26 Å². The third kappa shape index (κ3) is 1.78. The molecule has 1 saturated heterocycles. The Morgan fingerprint density at radius 2 is 2.17 bits per heavy atom. The number of benzene rings is 1.